The van der Waals surface area contributed by atoms with Crippen LogP contribution in [0.15, 0.2) is 48.5 Å². The van der Waals surface area contributed by atoms with Gasteiger partial charge in [-0.25, -0.2) is 9.18 Å². The number of halogens is 1. The summed E-state index contributed by atoms with van der Waals surface area (Å²) in [6.45, 7) is 0.592. The fourth-order valence-corrected chi connectivity index (χ4v) is 3.46. The Balaban J connectivity index is 1.65. The Morgan fingerprint density at radius 3 is 2.34 bits per heavy atom. The van der Waals surface area contributed by atoms with Crippen molar-refractivity contribution in [1.82, 2.24) is 5.32 Å². The van der Waals surface area contributed by atoms with Crippen molar-refractivity contribution in [2.75, 3.05) is 30.4 Å². The Labute approximate surface area is 170 Å². The van der Waals surface area contributed by atoms with Crippen LogP contribution in [0.3, 0.4) is 0 Å². The number of nitrogens with zero attached hydrogens (tertiary/aromatic N) is 1. The molecule has 0 aliphatic heterocycles. The first-order valence-electron chi connectivity index (χ1n) is 9.82. The molecule has 0 heterocycles. The average Bonchev–Trinajstić information content (AvgIpc) is 3.27. The molecule has 3 amide bonds. The van der Waals surface area contributed by atoms with Crippen molar-refractivity contribution in [2.45, 2.75) is 25.7 Å². The standard InChI is InChI=1S/C22H26FN3O3/c1-29-20-12-8-18(9-13-20)25-22(28)26(19-10-6-17(23)7-11-19)15-14-24-21(27)16-4-2-3-5-16/h6-13,16H,2-5,14-15H2,1H3,(H,24,27)(H,25,28). The van der Waals surface area contributed by atoms with Gasteiger partial charge in [-0.15, -0.1) is 0 Å². The van der Waals surface area contributed by atoms with Crippen LogP contribution in [0.5, 0.6) is 5.75 Å². The predicted molar refractivity (Wildman–Crippen MR) is 111 cm³/mol. The molecule has 29 heavy (non-hydrogen) atoms. The van der Waals surface area contributed by atoms with E-state index in [0.29, 0.717) is 23.7 Å². The first-order valence-corrected chi connectivity index (χ1v) is 9.82. The maximum Gasteiger partial charge on any atom is 0.326 e. The highest BCUT2D eigenvalue weighted by molar-refractivity contribution is 6.01. The number of anilines is 2. The van der Waals surface area contributed by atoms with Crippen LogP contribution in [-0.4, -0.2) is 32.1 Å². The summed E-state index contributed by atoms with van der Waals surface area (Å²) in [6.07, 6.45) is 4.02. The number of carbonyl (C=O) groups is 2. The Morgan fingerprint density at radius 2 is 1.72 bits per heavy atom. The summed E-state index contributed by atoms with van der Waals surface area (Å²) in [5, 5.41) is 5.74. The molecule has 1 fully saturated rings. The summed E-state index contributed by atoms with van der Waals surface area (Å²) >= 11 is 0. The van der Waals surface area contributed by atoms with Gasteiger partial charge in [0.1, 0.15) is 11.6 Å². The molecule has 2 N–H and O–H groups in total. The minimum absolute atomic E-state index is 0.0390. The molecular formula is C22H26FN3O3. The Kier molecular flexibility index (Phi) is 7.05. The number of carbonyl (C=O) groups excluding carboxylic acids is 2. The Morgan fingerprint density at radius 1 is 1.07 bits per heavy atom. The molecule has 154 valence electrons. The number of methoxy groups -OCH3 is 1. The van der Waals surface area contributed by atoms with Crippen LogP contribution in [0.4, 0.5) is 20.6 Å². The van der Waals surface area contributed by atoms with Crippen molar-refractivity contribution in [3.05, 3.63) is 54.3 Å². The highest BCUT2D eigenvalue weighted by Gasteiger charge is 2.23. The zero-order chi connectivity index (χ0) is 20.6. The first kappa shape index (κ1) is 20.6. The molecule has 0 radical (unpaired) electrons. The van der Waals surface area contributed by atoms with Gasteiger partial charge in [-0.2, -0.15) is 0 Å². The van der Waals surface area contributed by atoms with Crippen molar-refractivity contribution in [3.8, 4) is 5.75 Å². The SMILES string of the molecule is COc1ccc(NC(=O)N(CCNC(=O)C2CCCC2)c2ccc(F)cc2)cc1. The van der Waals surface area contributed by atoms with Gasteiger partial charge in [-0.1, -0.05) is 12.8 Å². The van der Waals surface area contributed by atoms with Crippen molar-refractivity contribution in [3.63, 3.8) is 0 Å². The lowest BCUT2D eigenvalue weighted by Crippen LogP contribution is -2.42. The number of ether oxygens (including phenoxy) is 1. The van der Waals surface area contributed by atoms with Crippen molar-refractivity contribution in [2.24, 2.45) is 5.92 Å². The van der Waals surface area contributed by atoms with E-state index < -0.39 is 0 Å². The number of hydrogen-bond donors (Lipinski definition) is 2. The summed E-state index contributed by atoms with van der Waals surface area (Å²) < 4.78 is 18.4. The van der Waals surface area contributed by atoms with E-state index in [2.05, 4.69) is 10.6 Å². The van der Waals surface area contributed by atoms with Gasteiger partial charge in [0.05, 0.1) is 7.11 Å². The summed E-state index contributed by atoms with van der Waals surface area (Å²) in [7, 11) is 1.57. The monoisotopic (exact) mass is 399 g/mol. The van der Waals surface area contributed by atoms with Gasteiger partial charge < -0.3 is 15.4 Å². The number of nitrogens with one attached hydrogen (secondary N) is 2. The average molecular weight is 399 g/mol. The summed E-state index contributed by atoms with van der Waals surface area (Å²) in [4.78, 5) is 26.6. The molecule has 7 heteroatoms. The van der Waals surface area contributed by atoms with Crippen LogP contribution >= 0.6 is 0 Å². The van der Waals surface area contributed by atoms with Gasteiger partial charge in [0.2, 0.25) is 5.91 Å². The maximum absolute atomic E-state index is 13.3. The molecular weight excluding hydrogens is 373 g/mol. The molecule has 0 spiro atoms. The van der Waals surface area contributed by atoms with E-state index in [-0.39, 0.29) is 30.2 Å². The van der Waals surface area contributed by atoms with E-state index >= 15 is 0 Å². The van der Waals surface area contributed by atoms with E-state index in [1.165, 1.54) is 17.0 Å². The maximum atomic E-state index is 13.3. The van der Waals surface area contributed by atoms with Crippen LogP contribution in [0.25, 0.3) is 0 Å². The van der Waals surface area contributed by atoms with E-state index in [0.717, 1.165) is 25.7 Å². The number of rotatable bonds is 7. The largest absolute Gasteiger partial charge is 0.497 e. The molecule has 0 atom stereocenters. The molecule has 0 saturated heterocycles. The van der Waals surface area contributed by atoms with Crippen molar-refractivity contribution >= 4 is 23.3 Å². The van der Waals surface area contributed by atoms with Crippen LogP contribution < -0.4 is 20.3 Å². The van der Waals surface area contributed by atoms with E-state index in [4.69, 9.17) is 4.74 Å². The molecule has 3 rings (SSSR count). The fourth-order valence-electron chi connectivity index (χ4n) is 3.46. The minimum Gasteiger partial charge on any atom is -0.497 e. The van der Waals surface area contributed by atoms with Gasteiger partial charge in [0, 0.05) is 30.4 Å². The molecule has 6 nitrogen and oxygen atoms in total. The molecule has 2 aromatic carbocycles. The van der Waals surface area contributed by atoms with Crippen molar-refractivity contribution < 1.29 is 18.7 Å². The molecule has 0 unspecified atom stereocenters. The lowest BCUT2D eigenvalue weighted by atomic mass is 10.1. The molecule has 1 aliphatic carbocycles. The molecule has 2 aromatic rings. The first-order chi connectivity index (χ1) is 14.1. The van der Waals surface area contributed by atoms with Gasteiger partial charge >= 0.3 is 6.03 Å². The zero-order valence-electron chi connectivity index (χ0n) is 16.5. The van der Waals surface area contributed by atoms with Gasteiger partial charge in [-0.05, 0) is 61.4 Å². The van der Waals surface area contributed by atoms with Gasteiger partial charge in [0.25, 0.3) is 0 Å². The fraction of sp³-hybridized carbons (Fsp3) is 0.364. The topological polar surface area (TPSA) is 70.7 Å². The van der Waals surface area contributed by atoms with Crippen molar-refractivity contribution in [1.29, 1.82) is 0 Å². The number of benzene rings is 2. The number of urea groups is 1. The summed E-state index contributed by atoms with van der Waals surface area (Å²) in [5.74, 6) is 0.423. The second kappa shape index (κ2) is 9.91. The minimum atomic E-state index is -0.376. The van der Waals surface area contributed by atoms with Crippen LogP contribution in [0, 0.1) is 11.7 Å². The lowest BCUT2D eigenvalue weighted by molar-refractivity contribution is -0.124. The normalized spacial score (nSPS) is 13.7. The third-order valence-electron chi connectivity index (χ3n) is 5.09. The lowest BCUT2D eigenvalue weighted by Gasteiger charge is -2.24. The second-order valence-electron chi connectivity index (χ2n) is 7.06. The van der Waals surface area contributed by atoms with Gasteiger partial charge in [0.15, 0.2) is 0 Å². The number of amides is 3. The smallest absolute Gasteiger partial charge is 0.326 e. The quantitative estimate of drug-likeness (QED) is 0.734. The van der Waals surface area contributed by atoms with Gasteiger partial charge in [-0.3, -0.25) is 9.69 Å². The molecule has 0 aromatic heterocycles. The Hall–Kier alpha value is -3.09. The van der Waals surface area contributed by atoms with E-state index in [1.807, 2.05) is 0 Å². The summed E-state index contributed by atoms with van der Waals surface area (Å²) in [5.41, 5.74) is 1.16. The third kappa shape index (κ3) is 5.70. The van der Waals surface area contributed by atoms with E-state index in [1.54, 1.807) is 43.5 Å². The van der Waals surface area contributed by atoms with Crippen LogP contribution in [0.1, 0.15) is 25.7 Å². The highest BCUT2D eigenvalue weighted by Crippen LogP contribution is 2.24. The van der Waals surface area contributed by atoms with Crippen LogP contribution in [0.2, 0.25) is 0 Å². The van der Waals surface area contributed by atoms with E-state index in [9.17, 15) is 14.0 Å². The molecule has 1 aliphatic rings. The molecule has 0 bridgehead atoms. The predicted octanol–water partition coefficient (Wildman–Crippen LogP) is 4.18. The Bertz CT molecular complexity index is 818. The molecule has 1 saturated carbocycles. The summed E-state index contributed by atoms with van der Waals surface area (Å²) in [6, 6.07) is 12.3. The highest BCUT2D eigenvalue weighted by atomic mass is 19.1. The third-order valence-corrected chi connectivity index (χ3v) is 5.09. The second-order valence-corrected chi connectivity index (χ2v) is 7.06. The van der Waals surface area contributed by atoms with Crippen LogP contribution in [-0.2, 0) is 4.79 Å². The zero-order valence-corrected chi connectivity index (χ0v) is 16.5. The number of hydrogen-bond acceptors (Lipinski definition) is 3.